The lowest BCUT2D eigenvalue weighted by Crippen LogP contribution is -2.39. The Balaban J connectivity index is 4.93. The molecule has 3 atom stereocenters. The number of carbonyl (C=O) groups excluding carboxylic acids is 1. The minimum absolute atomic E-state index is 0.258. The molecule has 6 heteroatoms. The van der Waals surface area contributed by atoms with Crippen LogP contribution >= 0.6 is 0 Å². The minimum Gasteiger partial charge on any atom is -0.481 e. The van der Waals surface area contributed by atoms with Crippen LogP contribution in [0.2, 0.25) is 0 Å². The van der Waals surface area contributed by atoms with Gasteiger partial charge in [0.1, 0.15) is 12.0 Å². The van der Waals surface area contributed by atoms with Gasteiger partial charge in [0.05, 0.1) is 5.92 Å². The molecule has 0 radical (unpaired) electrons. The van der Waals surface area contributed by atoms with Gasteiger partial charge in [-0.2, -0.15) is 0 Å². The average Bonchev–Trinajstić information content (AvgIpc) is 2.14. The summed E-state index contributed by atoms with van der Waals surface area (Å²) in [6, 6.07) is 0. The molecule has 0 aliphatic heterocycles. The van der Waals surface area contributed by atoms with Gasteiger partial charge in [0.2, 0.25) is 0 Å². The first kappa shape index (κ1) is 14.4. The fourth-order valence-corrected chi connectivity index (χ4v) is 1.47. The molecule has 0 spiro atoms. The third-order valence-corrected chi connectivity index (χ3v) is 2.33. The third-order valence-electron chi connectivity index (χ3n) is 2.33. The van der Waals surface area contributed by atoms with Gasteiger partial charge in [-0.15, -0.1) is 0 Å². The van der Waals surface area contributed by atoms with E-state index in [9.17, 15) is 14.4 Å². The van der Waals surface area contributed by atoms with Gasteiger partial charge in [-0.25, -0.2) is 0 Å². The molecule has 16 heavy (non-hydrogen) atoms. The Bertz CT molecular complexity index is 285. The number of hydrogen-bond donors (Lipinski definition) is 2. The maximum absolute atomic E-state index is 11.0. The Kier molecular flexibility index (Phi) is 5.49. The second-order valence-electron chi connectivity index (χ2n) is 3.55. The van der Waals surface area contributed by atoms with Crippen molar-refractivity contribution in [3.05, 3.63) is 0 Å². The van der Waals surface area contributed by atoms with Crippen LogP contribution in [0.3, 0.4) is 0 Å². The van der Waals surface area contributed by atoms with Crippen molar-refractivity contribution in [3.63, 3.8) is 0 Å². The van der Waals surface area contributed by atoms with E-state index in [-0.39, 0.29) is 6.42 Å². The van der Waals surface area contributed by atoms with Crippen molar-refractivity contribution in [2.24, 2.45) is 11.8 Å². The van der Waals surface area contributed by atoms with E-state index in [1.807, 2.05) is 0 Å². The summed E-state index contributed by atoms with van der Waals surface area (Å²) in [5.41, 5.74) is 0. The molecule has 0 aromatic carbocycles. The first-order valence-corrected chi connectivity index (χ1v) is 4.94. The summed E-state index contributed by atoms with van der Waals surface area (Å²) in [4.78, 5) is 32.5. The average molecular weight is 232 g/mol. The Morgan fingerprint density at radius 1 is 1.19 bits per heavy atom. The van der Waals surface area contributed by atoms with E-state index >= 15 is 0 Å². The van der Waals surface area contributed by atoms with Crippen LogP contribution in [0.15, 0.2) is 0 Å². The highest BCUT2D eigenvalue weighted by Gasteiger charge is 2.37. The van der Waals surface area contributed by atoms with Crippen molar-refractivity contribution in [2.45, 2.75) is 33.3 Å². The molecule has 0 aromatic rings. The molecule has 0 rings (SSSR count). The van der Waals surface area contributed by atoms with Crippen molar-refractivity contribution in [3.8, 4) is 0 Å². The summed E-state index contributed by atoms with van der Waals surface area (Å²) in [5, 5.41) is 17.7. The monoisotopic (exact) mass is 232 g/mol. The second-order valence-corrected chi connectivity index (χ2v) is 3.55. The van der Waals surface area contributed by atoms with E-state index in [4.69, 9.17) is 14.9 Å². The molecule has 0 fully saturated rings. The van der Waals surface area contributed by atoms with Crippen LogP contribution in [-0.2, 0) is 19.1 Å². The number of esters is 1. The van der Waals surface area contributed by atoms with E-state index in [0.29, 0.717) is 0 Å². The Labute approximate surface area is 93.2 Å². The maximum atomic E-state index is 11.0. The fraction of sp³-hybridized carbons (Fsp3) is 0.700. The predicted octanol–water partition coefficient (Wildman–Crippen LogP) is 0.750. The van der Waals surface area contributed by atoms with Crippen LogP contribution in [0, 0.1) is 11.8 Å². The van der Waals surface area contributed by atoms with Crippen LogP contribution in [0.5, 0.6) is 0 Å². The summed E-state index contributed by atoms with van der Waals surface area (Å²) in [7, 11) is 0. The molecule has 0 aliphatic rings. The predicted molar refractivity (Wildman–Crippen MR) is 53.8 cm³/mol. The smallest absolute Gasteiger partial charge is 0.311 e. The number of carboxylic acid groups (broad SMARTS) is 2. The van der Waals surface area contributed by atoms with Crippen LogP contribution in [0.1, 0.15) is 27.2 Å². The molecule has 0 saturated carbocycles. The van der Waals surface area contributed by atoms with Gasteiger partial charge >= 0.3 is 17.9 Å². The Hall–Kier alpha value is -1.59. The molecule has 0 aromatic heterocycles. The van der Waals surface area contributed by atoms with Crippen LogP contribution in [0.4, 0.5) is 0 Å². The molecule has 2 N–H and O–H groups in total. The summed E-state index contributed by atoms with van der Waals surface area (Å²) < 4.78 is 4.81. The number of carbonyl (C=O) groups is 3. The highest BCUT2D eigenvalue weighted by atomic mass is 16.5. The van der Waals surface area contributed by atoms with Crippen LogP contribution in [-0.4, -0.2) is 34.2 Å². The van der Waals surface area contributed by atoms with Crippen molar-refractivity contribution in [1.29, 1.82) is 0 Å². The zero-order valence-corrected chi connectivity index (χ0v) is 9.47. The quantitative estimate of drug-likeness (QED) is 0.655. The largest absolute Gasteiger partial charge is 0.481 e. The second kappa shape index (κ2) is 6.09. The molecular weight excluding hydrogens is 216 g/mol. The highest BCUT2D eigenvalue weighted by molar-refractivity contribution is 5.80. The lowest BCUT2D eigenvalue weighted by Gasteiger charge is -2.25. The number of carboxylic acids is 2. The molecule has 0 bridgehead atoms. The van der Waals surface area contributed by atoms with Gasteiger partial charge in [0, 0.05) is 6.92 Å². The Morgan fingerprint density at radius 3 is 1.94 bits per heavy atom. The van der Waals surface area contributed by atoms with Crippen molar-refractivity contribution in [1.82, 2.24) is 0 Å². The Morgan fingerprint density at radius 2 is 1.69 bits per heavy atom. The van der Waals surface area contributed by atoms with Gasteiger partial charge in [-0.05, 0) is 6.42 Å². The maximum Gasteiger partial charge on any atom is 0.311 e. The van der Waals surface area contributed by atoms with Crippen molar-refractivity contribution < 1.29 is 29.3 Å². The van der Waals surface area contributed by atoms with E-state index in [1.165, 1.54) is 6.92 Å². The molecule has 0 heterocycles. The zero-order valence-electron chi connectivity index (χ0n) is 9.47. The fourth-order valence-electron chi connectivity index (χ4n) is 1.47. The van der Waals surface area contributed by atoms with Crippen molar-refractivity contribution >= 4 is 17.9 Å². The molecule has 0 amide bonds. The zero-order chi connectivity index (χ0) is 12.9. The molecule has 92 valence electrons. The van der Waals surface area contributed by atoms with Crippen LogP contribution in [0.25, 0.3) is 0 Å². The summed E-state index contributed by atoms with van der Waals surface area (Å²) in [6.07, 6.45) is -0.658. The van der Waals surface area contributed by atoms with E-state index in [1.54, 1.807) is 6.92 Å². The SMILES string of the molecule is CCC(OC(C)=O)C(C(=O)O)C(C)C(=O)O. The van der Waals surface area contributed by atoms with Gasteiger partial charge in [-0.1, -0.05) is 13.8 Å². The molecular formula is C10H16O6. The first-order valence-electron chi connectivity index (χ1n) is 4.94. The molecule has 0 saturated heterocycles. The number of hydrogen-bond acceptors (Lipinski definition) is 4. The third kappa shape index (κ3) is 3.88. The standard InChI is InChI=1S/C10H16O6/c1-4-7(16-6(3)11)8(10(14)15)5(2)9(12)13/h5,7-8H,4H2,1-3H3,(H,12,13)(H,14,15). The lowest BCUT2D eigenvalue weighted by molar-refractivity contribution is -0.166. The normalized spacial score (nSPS) is 15.9. The van der Waals surface area contributed by atoms with Gasteiger partial charge in [0.15, 0.2) is 0 Å². The van der Waals surface area contributed by atoms with E-state index < -0.39 is 35.8 Å². The summed E-state index contributed by atoms with van der Waals surface area (Å²) in [5.74, 6) is -5.45. The summed E-state index contributed by atoms with van der Waals surface area (Å²) in [6.45, 7) is 4.08. The van der Waals surface area contributed by atoms with Crippen LogP contribution < -0.4 is 0 Å². The van der Waals surface area contributed by atoms with Gasteiger partial charge in [-0.3, -0.25) is 14.4 Å². The molecule has 6 nitrogen and oxygen atoms in total. The lowest BCUT2D eigenvalue weighted by atomic mass is 9.87. The molecule has 0 aliphatic carbocycles. The first-order chi connectivity index (χ1) is 7.31. The topological polar surface area (TPSA) is 101 Å². The van der Waals surface area contributed by atoms with Crippen molar-refractivity contribution in [2.75, 3.05) is 0 Å². The summed E-state index contributed by atoms with van der Waals surface area (Å²) >= 11 is 0. The van der Waals surface area contributed by atoms with Gasteiger partial charge < -0.3 is 14.9 Å². The minimum atomic E-state index is -1.27. The van der Waals surface area contributed by atoms with Gasteiger partial charge in [0.25, 0.3) is 0 Å². The number of ether oxygens (including phenoxy) is 1. The number of rotatable bonds is 6. The van der Waals surface area contributed by atoms with E-state index in [0.717, 1.165) is 6.92 Å². The van der Waals surface area contributed by atoms with E-state index in [2.05, 4.69) is 0 Å². The molecule has 3 unspecified atom stereocenters. The highest BCUT2D eigenvalue weighted by Crippen LogP contribution is 2.22. The number of aliphatic carboxylic acids is 2.